The van der Waals surface area contributed by atoms with Gasteiger partial charge in [0.25, 0.3) is 0 Å². The van der Waals surface area contributed by atoms with Crippen LogP contribution < -0.4 is 4.90 Å². The molecule has 0 rings (SSSR count). The Morgan fingerprint density at radius 1 is 1.62 bits per heavy atom. The van der Waals surface area contributed by atoms with Crippen molar-refractivity contribution in [3.8, 4) is 0 Å². The van der Waals surface area contributed by atoms with Gasteiger partial charge in [0, 0.05) is 0 Å². The minimum absolute atomic E-state index is 0.897. The zero-order valence-electron chi connectivity index (χ0n) is 5.01. The molecule has 0 bridgehead atoms. The first-order valence-corrected chi connectivity index (χ1v) is 2.34. The molecule has 0 saturated carbocycles. The van der Waals surface area contributed by atoms with Gasteiger partial charge in [0.15, 0.2) is 0 Å². The van der Waals surface area contributed by atoms with E-state index in [1.54, 1.807) is 6.20 Å². The summed E-state index contributed by atoms with van der Waals surface area (Å²) in [5, 5.41) is 8.06. The summed E-state index contributed by atoms with van der Waals surface area (Å²) >= 11 is 0. The van der Waals surface area contributed by atoms with Crippen LogP contribution in [0.15, 0.2) is 12.3 Å². The number of hydrogen-bond acceptors (Lipinski definition) is 1. The van der Waals surface area contributed by atoms with Crippen molar-refractivity contribution in [2.75, 3.05) is 14.1 Å². The van der Waals surface area contributed by atoms with Crippen molar-refractivity contribution in [1.29, 1.82) is 0 Å². The van der Waals surface area contributed by atoms with Crippen LogP contribution in [0.1, 0.15) is 0 Å². The summed E-state index contributed by atoms with van der Waals surface area (Å²) in [7, 11) is 3.69. The topological polar surface area (TPSA) is 41.7 Å². The molecule has 46 valence electrons. The molecular weight excluding hydrogens is 106 g/mol. The summed E-state index contributed by atoms with van der Waals surface area (Å²) in [6, 6.07) is 0. The van der Waals surface area contributed by atoms with E-state index in [0.29, 0.717) is 0 Å². The molecule has 0 spiro atoms. The molecule has 0 aliphatic heterocycles. The van der Waals surface area contributed by atoms with E-state index >= 15 is 0 Å². The van der Waals surface area contributed by atoms with E-state index in [9.17, 15) is 4.79 Å². The zero-order valence-corrected chi connectivity index (χ0v) is 5.01. The quantitative estimate of drug-likeness (QED) is 0.442. The molecular formula is C5H10NO2+. The third kappa shape index (κ3) is 5.17. The van der Waals surface area contributed by atoms with E-state index in [-0.39, 0.29) is 0 Å². The normalized spacial score (nSPS) is 10.9. The number of carboxylic acids is 1. The Kier molecular flexibility index (Phi) is 2.88. The van der Waals surface area contributed by atoms with Gasteiger partial charge in [0.05, 0.1) is 20.2 Å². The van der Waals surface area contributed by atoms with Gasteiger partial charge in [-0.15, -0.1) is 0 Å². The second-order valence-corrected chi connectivity index (χ2v) is 1.75. The largest absolute Gasteiger partial charge is 0.478 e. The molecule has 0 saturated heterocycles. The molecule has 3 heteroatoms. The fraction of sp³-hybridized carbons (Fsp3) is 0.400. The van der Waals surface area contributed by atoms with Crippen LogP contribution >= 0.6 is 0 Å². The summed E-state index contributed by atoms with van der Waals surface area (Å²) in [5.41, 5.74) is 0. The summed E-state index contributed by atoms with van der Waals surface area (Å²) < 4.78 is 0. The second-order valence-electron chi connectivity index (χ2n) is 1.75. The summed E-state index contributed by atoms with van der Waals surface area (Å²) in [4.78, 5) is 10.8. The summed E-state index contributed by atoms with van der Waals surface area (Å²) in [6.45, 7) is 0. The van der Waals surface area contributed by atoms with Crippen molar-refractivity contribution in [3.63, 3.8) is 0 Å². The predicted molar refractivity (Wildman–Crippen MR) is 29.6 cm³/mol. The lowest BCUT2D eigenvalue weighted by molar-refractivity contribution is -0.801. The summed E-state index contributed by atoms with van der Waals surface area (Å²) in [5.74, 6) is -0.897. The van der Waals surface area contributed by atoms with Crippen molar-refractivity contribution >= 4 is 5.97 Å². The van der Waals surface area contributed by atoms with Crippen molar-refractivity contribution < 1.29 is 14.8 Å². The van der Waals surface area contributed by atoms with E-state index in [2.05, 4.69) is 0 Å². The Balaban J connectivity index is 3.50. The fourth-order valence-electron chi connectivity index (χ4n) is 0.238. The molecule has 0 amide bonds. The van der Waals surface area contributed by atoms with Crippen LogP contribution in [0.4, 0.5) is 0 Å². The minimum atomic E-state index is -0.897. The number of nitrogens with one attached hydrogen (secondary N) is 1. The Morgan fingerprint density at radius 3 is 2.25 bits per heavy atom. The van der Waals surface area contributed by atoms with Gasteiger partial charge in [-0.2, -0.15) is 0 Å². The van der Waals surface area contributed by atoms with Crippen molar-refractivity contribution in [2.45, 2.75) is 0 Å². The van der Waals surface area contributed by atoms with Crippen LogP contribution in [0.2, 0.25) is 0 Å². The lowest BCUT2D eigenvalue weighted by Gasteiger charge is -1.93. The lowest BCUT2D eigenvalue weighted by atomic mass is 10.6. The van der Waals surface area contributed by atoms with Gasteiger partial charge in [0.2, 0.25) is 0 Å². The maximum atomic E-state index is 9.80. The van der Waals surface area contributed by atoms with E-state index in [4.69, 9.17) is 5.11 Å². The van der Waals surface area contributed by atoms with Gasteiger partial charge < -0.3 is 10.0 Å². The highest BCUT2D eigenvalue weighted by Gasteiger charge is 1.86. The van der Waals surface area contributed by atoms with Crippen molar-refractivity contribution in [2.24, 2.45) is 0 Å². The molecule has 0 atom stereocenters. The van der Waals surface area contributed by atoms with Crippen LogP contribution in [0.25, 0.3) is 0 Å². The molecule has 0 aromatic heterocycles. The van der Waals surface area contributed by atoms with Gasteiger partial charge in [-0.3, -0.25) is 0 Å². The fourth-order valence-corrected chi connectivity index (χ4v) is 0.238. The molecule has 0 aliphatic carbocycles. The van der Waals surface area contributed by atoms with Crippen LogP contribution in [0.3, 0.4) is 0 Å². The molecule has 0 radical (unpaired) electrons. The predicted octanol–water partition coefficient (Wildman–Crippen LogP) is -1.27. The third-order valence-corrected chi connectivity index (χ3v) is 0.559. The highest BCUT2D eigenvalue weighted by atomic mass is 16.4. The smallest absolute Gasteiger partial charge is 0.333 e. The van der Waals surface area contributed by atoms with Gasteiger partial charge in [-0.05, 0) is 0 Å². The first-order valence-electron chi connectivity index (χ1n) is 2.34. The molecule has 0 aromatic rings. The summed E-state index contributed by atoms with van der Waals surface area (Å²) in [6.07, 6.45) is 2.68. The number of rotatable bonds is 2. The Bertz CT molecular complexity index is 107. The molecule has 8 heavy (non-hydrogen) atoms. The number of carboxylic acid groups (broad SMARTS) is 1. The standard InChI is InChI=1S/C5H9NO2/c1-6(2)4-3-5(7)8/h3-4H,1-2H3,(H,7,8)/p+1. The minimum Gasteiger partial charge on any atom is -0.478 e. The van der Waals surface area contributed by atoms with E-state index in [1.165, 1.54) is 0 Å². The molecule has 3 nitrogen and oxygen atoms in total. The number of carbonyl (C=O) groups is 1. The third-order valence-electron chi connectivity index (χ3n) is 0.559. The molecule has 0 unspecified atom stereocenters. The number of quaternary nitrogens is 1. The number of hydrogen-bond donors (Lipinski definition) is 2. The van der Waals surface area contributed by atoms with Crippen molar-refractivity contribution in [3.05, 3.63) is 12.3 Å². The first-order chi connectivity index (χ1) is 3.63. The second kappa shape index (κ2) is 3.21. The number of aliphatic carboxylic acids is 1. The van der Waals surface area contributed by atoms with Crippen LogP contribution in [-0.2, 0) is 4.79 Å². The Labute approximate surface area is 48.2 Å². The zero-order chi connectivity index (χ0) is 6.57. The SMILES string of the molecule is C[NH+](C)C=CC(=O)O. The van der Waals surface area contributed by atoms with E-state index in [1.807, 2.05) is 14.1 Å². The monoisotopic (exact) mass is 116 g/mol. The Hall–Kier alpha value is -0.830. The van der Waals surface area contributed by atoms with Gasteiger partial charge in [-0.25, -0.2) is 4.79 Å². The maximum Gasteiger partial charge on any atom is 0.333 e. The average molecular weight is 116 g/mol. The first kappa shape index (κ1) is 7.17. The lowest BCUT2D eigenvalue weighted by Crippen LogP contribution is -3.00. The average Bonchev–Trinajstić information content (AvgIpc) is 1.61. The molecule has 2 N–H and O–H groups in total. The molecule has 0 fully saturated rings. The van der Waals surface area contributed by atoms with E-state index < -0.39 is 5.97 Å². The van der Waals surface area contributed by atoms with Gasteiger partial charge in [-0.1, -0.05) is 0 Å². The maximum absolute atomic E-state index is 9.80. The highest BCUT2D eigenvalue weighted by Crippen LogP contribution is 1.60. The van der Waals surface area contributed by atoms with Crippen LogP contribution in [0, 0.1) is 0 Å². The van der Waals surface area contributed by atoms with Crippen LogP contribution in [-0.4, -0.2) is 25.2 Å². The van der Waals surface area contributed by atoms with E-state index in [0.717, 1.165) is 11.0 Å². The van der Waals surface area contributed by atoms with Crippen molar-refractivity contribution in [1.82, 2.24) is 0 Å². The molecule has 0 aliphatic rings. The molecule has 0 aromatic carbocycles. The van der Waals surface area contributed by atoms with Gasteiger partial charge in [0.1, 0.15) is 6.20 Å². The van der Waals surface area contributed by atoms with Gasteiger partial charge >= 0.3 is 5.97 Å². The Morgan fingerprint density at radius 2 is 2.12 bits per heavy atom. The molecule has 0 heterocycles. The van der Waals surface area contributed by atoms with Crippen LogP contribution in [0.5, 0.6) is 0 Å². The highest BCUT2D eigenvalue weighted by molar-refractivity contribution is 5.79.